The van der Waals surface area contributed by atoms with Crippen LogP contribution in [0.2, 0.25) is 0 Å². The number of aromatic nitrogens is 2. The SMILES string of the molecule is N#Cc1ccccc1-c1cc(-n2c3ccccc3c3c4oc5ccccc5c4ccc32)cc(-n2c3ccccc3c3c4oc5ccccc5c4ccc32)c1. The molecular formula is C49H27N3O2. The standard InChI is InChI=1S/C49H27N3O2/c50-28-29-11-1-2-12-33(29)30-25-31(51-40-17-7-3-15-38(40)46-42(51)23-21-36-34-13-5-9-19-44(34)53-48(36)46)27-32(26-30)52-41-18-8-4-16-39(41)47-43(52)24-22-37-35-14-6-10-20-45(35)54-49(37)47/h1-27H. The molecule has 12 aromatic rings. The number of para-hydroxylation sites is 4. The first-order valence-corrected chi connectivity index (χ1v) is 18.1. The van der Waals surface area contributed by atoms with Gasteiger partial charge in [0, 0.05) is 43.7 Å². The van der Waals surface area contributed by atoms with E-state index in [2.05, 4.69) is 130 Å². The van der Waals surface area contributed by atoms with Crippen LogP contribution in [0.1, 0.15) is 5.56 Å². The second-order valence-electron chi connectivity index (χ2n) is 14.0. The number of hydrogen-bond donors (Lipinski definition) is 0. The van der Waals surface area contributed by atoms with Crippen LogP contribution in [0.25, 0.3) is 110 Å². The molecule has 0 atom stereocenters. The van der Waals surface area contributed by atoms with Gasteiger partial charge in [0.25, 0.3) is 0 Å². The van der Waals surface area contributed by atoms with Crippen molar-refractivity contribution in [1.29, 1.82) is 5.26 Å². The maximum Gasteiger partial charge on any atom is 0.145 e. The van der Waals surface area contributed by atoms with Gasteiger partial charge in [-0.3, -0.25) is 0 Å². The second-order valence-corrected chi connectivity index (χ2v) is 14.0. The van der Waals surface area contributed by atoms with Crippen LogP contribution in [-0.4, -0.2) is 9.13 Å². The highest BCUT2D eigenvalue weighted by Crippen LogP contribution is 2.44. The van der Waals surface area contributed by atoms with Gasteiger partial charge in [0.2, 0.25) is 0 Å². The Morgan fingerprint density at radius 1 is 0.407 bits per heavy atom. The molecule has 0 N–H and O–H groups in total. The van der Waals surface area contributed by atoms with Crippen molar-refractivity contribution in [2.75, 3.05) is 0 Å². The zero-order chi connectivity index (χ0) is 35.5. The molecule has 4 heterocycles. The molecule has 8 aromatic carbocycles. The summed E-state index contributed by atoms with van der Waals surface area (Å²) in [5.41, 5.74) is 12.2. The third-order valence-electron chi connectivity index (χ3n) is 11.1. The van der Waals surface area contributed by atoms with Crippen LogP contribution in [0.15, 0.2) is 173 Å². The molecule has 0 aliphatic rings. The van der Waals surface area contributed by atoms with E-state index in [0.717, 1.165) is 110 Å². The van der Waals surface area contributed by atoms with Crippen molar-refractivity contribution in [1.82, 2.24) is 9.13 Å². The van der Waals surface area contributed by atoms with Crippen molar-refractivity contribution in [2.45, 2.75) is 0 Å². The first-order valence-electron chi connectivity index (χ1n) is 18.1. The Morgan fingerprint density at radius 2 is 0.870 bits per heavy atom. The molecule has 0 radical (unpaired) electrons. The van der Waals surface area contributed by atoms with Gasteiger partial charge in [0.15, 0.2) is 0 Å². The lowest BCUT2D eigenvalue weighted by Gasteiger charge is -2.16. The summed E-state index contributed by atoms with van der Waals surface area (Å²) in [6.45, 7) is 0. The zero-order valence-electron chi connectivity index (χ0n) is 28.7. The highest BCUT2D eigenvalue weighted by atomic mass is 16.3. The first kappa shape index (κ1) is 29.1. The number of fused-ring (bicyclic) bond motifs is 14. The van der Waals surface area contributed by atoms with Crippen molar-refractivity contribution >= 4 is 87.5 Å². The molecule has 0 saturated carbocycles. The summed E-state index contributed by atoms with van der Waals surface area (Å²) in [6.07, 6.45) is 0. The third-order valence-corrected chi connectivity index (χ3v) is 11.1. The van der Waals surface area contributed by atoms with Gasteiger partial charge in [-0.15, -0.1) is 0 Å². The topological polar surface area (TPSA) is 59.9 Å². The number of furan rings is 2. The molecule has 0 fully saturated rings. The smallest absolute Gasteiger partial charge is 0.145 e. The fourth-order valence-corrected chi connectivity index (χ4v) is 8.87. The molecule has 12 rings (SSSR count). The van der Waals surface area contributed by atoms with Crippen molar-refractivity contribution in [3.63, 3.8) is 0 Å². The molecule has 0 amide bonds. The summed E-state index contributed by atoms with van der Waals surface area (Å²) in [5, 5.41) is 19.1. The molecule has 5 nitrogen and oxygen atoms in total. The number of nitrogens with zero attached hydrogens (tertiary/aromatic N) is 3. The largest absolute Gasteiger partial charge is 0.455 e. The van der Waals surface area contributed by atoms with E-state index in [4.69, 9.17) is 8.83 Å². The monoisotopic (exact) mass is 689 g/mol. The van der Waals surface area contributed by atoms with E-state index in [1.165, 1.54) is 0 Å². The quantitative estimate of drug-likeness (QED) is 0.185. The molecule has 0 aliphatic carbocycles. The third kappa shape index (κ3) is 3.86. The van der Waals surface area contributed by atoms with Gasteiger partial charge in [-0.1, -0.05) is 91.0 Å². The van der Waals surface area contributed by atoms with Crippen molar-refractivity contribution < 1.29 is 8.83 Å². The van der Waals surface area contributed by atoms with E-state index < -0.39 is 0 Å². The van der Waals surface area contributed by atoms with E-state index in [1.54, 1.807) is 0 Å². The second kappa shape index (κ2) is 10.7. The highest BCUT2D eigenvalue weighted by molar-refractivity contribution is 6.25. The van der Waals surface area contributed by atoms with Gasteiger partial charge >= 0.3 is 0 Å². The van der Waals surface area contributed by atoms with Crippen LogP contribution in [0.3, 0.4) is 0 Å². The van der Waals surface area contributed by atoms with Crippen LogP contribution in [0.5, 0.6) is 0 Å². The lowest BCUT2D eigenvalue weighted by molar-refractivity contribution is 0.672. The van der Waals surface area contributed by atoms with Crippen LogP contribution < -0.4 is 0 Å². The molecule has 0 saturated heterocycles. The van der Waals surface area contributed by atoms with Crippen LogP contribution >= 0.6 is 0 Å². The van der Waals surface area contributed by atoms with Crippen molar-refractivity contribution in [3.8, 4) is 28.6 Å². The Balaban J connectivity index is 1.22. The van der Waals surface area contributed by atoms with E-state index >= 15 is 0 Å². The predicted molar refractivity (Wildman–Crippen MR) is 220 cm³/mol. The molecule has 250 valence electrons. The lowest BCUT2D eigenvalue weighted by Crippen LogP contribution is -2.00. The normalized spacial score (nSPS) is 12.1. The molecular weight excluding hydrogens is 663 g/mol. The summed E-state index contributed by atoms with van der Waals surface area (Å²) in [5.74, 6) is 0. The lowest BCUT2D eigenvalue weighted by atomic mass is 9.99. The summed E-state index contributed by atoms with van der Waals surface area (Å²) >= 11 is 0. The molecule has 5 heteroatoms. The Hall–Kier alpha value is -7.55. The Bertz CT molecular complexity index is 3380. The van der Waals surface area contributed by atoms with E-state index in [-0.39, 0.29) is 0 Å². The summed E-state index contributed by atoms with van der Waals surface area (Å²) in [4.78, 5) is 0. The van der Waals surface area contributed by atoms with Crippen LogP contribution in [0, 0.1) is 11.3 Å². The Morgan fingerprint density at radius 3 is 1.41 bits per heavy atom. The van der Waals surface area contributed by atoms with E-state index in [1.807, 2.05) is 48.5 Å². The minimum absolute atomic E-state index is 0.623. The van der Waals surface area contributed by atoms with E-state index in [0.29, 0.717) is 5.56 Å². The van der Waals surface area contributed by atoms with Gasteiger partial charge in [-0.2, -0.15) is 5.26 Å². The van der Waals surface area contributed by atoms with E-state index in [9.17, 15) is 5.26 Å². The molecule has 0 spiro atoms. The van der Waals surface area contributed by atoms with Gasteiger partial charge < -0.3 is 18.0 Å². The predicted octanol–water partition coefficient (Wildman–Crippen LogP) is 13.2. The average Bonchev–Trinajstić information content (AvgIpc) is 3.98. The number of rotatable bonds is 3. The molecule has 54 heavy (non-hydrogen) atoms. The molecule has 4 aromatic heterocycles. The Kier molecular flexibility index (Phi) is 5.78. The molecule has 0 bridgehead atoms. The fraction of sp³-hybridized carbons (Fsp3) is 0. The summed E-state index contributed by atoms with van der Waals surface area (Å²) in [7, 11) is 0. The number of nitriles is 1. The van der Waals surface area contributed by atoms with Gasteiger partial charge in [-0.25, -0.2) is 0 Å². The van der Waals surface area contributed by atoms with Gasteiger partial charge in [0.05, 0.1) is 44.5 Å². The number of hydrogen-bond acceptors (Lipinski definition) is 3. The minimum Gasteiger partial charge on any atom is -0.455 e. The van der Waals surface area contributed by atoms with Crippen LogP contribution in [-0.2, 0) is 0 Å². The first-order chi connectivity index (χ1) is 26.7. The molecule has 0 aliphatic heterocycles. The zero-order valence-corrected chi connectivity index (χ0v) is 28.7. The number of benzene rings is 8. The van der Waals surface area contributed by atoms with Crippen LogP contribution in [0.4, 0.5) is 0 Å². The fourth-order valence-electron chi connectivity index (χ4n) is 8.87. The van der Waals surface area contributed by atoms with Crippen molar-refractivity contribution in [2.24, 2.45) is 0 Å². The minimum atomic E-state index is 0.623. The highest BCUT2D eigenvalue weighted by Gasteiger charge is 2.22. The Labute approximate surface area is 307 Å². The van der Waals surface area contributed by atoms with Gasteiger partial charge in [0.1, 0.15) is 22.3 Å². The average molecular weight is 690 g/mol. The maximum absolute atomic E-state index is 10.3. The molecule has 0 unspecified atom stereocenters. The summed E-state index contributed by atoms with van der Waals surface area (Å²) < 4.78 is 17.9. The summed E-state index contributed by atoms with van der Waals surface area (Å²) in [6, 6.07) is 59.3. The maximum atomic E-state index is 10.3. The van der Waals surface area contributed by atoms with Gasteiger partial charge in [-0.05, 0) is 83.9 Å². The van der Waals surface area contributed by atoms with Crippen molar-refractivity contribution in [3.05, 3.63) is 169 Å².